The van der Waals surface area contributed by atoms with Crippen LogP contribution >= 0.6 is 11.3 Å². The van der Waals surface area contributed by atoms with Crippen molar-refractivity contribution in [2.24, 2.45) is 0 Å². The quantitative estimate of drug-likeness (QED) is 0.715. The number of aromatic nitrogens is 1. The number of nitrogens with zero attached hydrogens (tertiary/aromatic N) is 1. The summed E-state index contributed by atoms with van der Waals surface area (Å²) >= 11 is 0.875. The van der Waals surface area contributed by atoms with E-state index in [0.717, 1.165) is 23.0 Å². The third kappa shape index (κ3) is 3.65. The van der Waals surface area contributed by atoms with Crippen molar-refractivity contribution >= 4 is 33.1 Å². The Bertz CT molecular complexity index is 952. The number of fused-ring (bicyclic) bond motifs is 1. The van der Waals surface area contributed by atoms with Gasteiger partial charge in [0.15, 0.2) is 0 Å². The Morgan fingerprint density at radius 2 is 1.96 bits per heavy atom. The van der Waals surface area contributed by atoms with Crippen molar-refractivity contribution < 1.29 is 18.0 Å². The van der Waals surface area contributed by atoms with Gasteiger partial charge in [0.2, 0.25) is 0 Å². The molecule has 2 aromatic heterocycles. The molecule has 0 saturated heterocycles. The summed E-state index contributed by atoms with van der Waals surface area (Å²) in [5.74, 6) is -0.408. The van der Waals surface area contributed by atoms with E-state index in [0.29, 0.717) is 23.9 Å². The molecule has 0 saturated carbocycles. The first-order chi connectivity index (χ1) is 12.3. The normalized spacial score (nSPS) is 11.7. The Balaban J connectivity index is 1.82. The number of amides is 1. The van der Waals surface area contributed by atoms with Crippen LogP contribution in [0, 0.1) is 6.92 Å². The lowest BCUT2D eigenvalue weighted by Gasteiger charge is -2.07. The van der Waals surface area contributed by atoms with Crippen LogP contribution in [-0.2, 0) is 12.6 Å². The van der Waals surface area contributed by atoms with Gasteiger partial charge in [-0.05, 0) is 30.5 Å². The van der Waals surface area contributed by atoms with E-state index in [4.69, 9.17) is 5.73 Å². The molecule has 1 amide bonds. The molecule has 0 unspecified atom stereocenters. The first-order valence-corrected chi connectivity index (χ1v) is 8.68. The number of benzene rings is 1. The molecule has 0 bridgehead atoms. The molecule has 0 atom stereocenters. The second-order valence-corrected chi connectivity index (χ2v) is 6.84. The molecular formula is C18H16F3N3OS. The predicted octanol–water partition coefficient (Wildman–Crippen LogP) is 4.18. The lowest BCUT2D eigenvalue weighted by molar-refractivity contribution is -0.141. The SMILES string of the molecule is Cc1cc(C(F)(F)F)nc2sc(C(=O)NCCc3ccccc3)c(N)c12. The van der Waals surface area contributed by atoms with Crippen molar-refractivity contribution in [2.45, 2.75) is 19.5 Å². The molecule has 2 heterocycles. The minimum Gasteiger partial charge on any atom is -0.397 e. The Kier molecular flexibility index (Phi) is 4.86. The maximum Gasteiger partial charge on any atom is 0.433 e. The van der Waals surface area contributed by atoms with Crippen LogP contribution in [0.5, 0.6) is 0 Å². The highest BCUT2D eigenvalue weighted by molar-refractivity contribution is 7.21. The molecule has 1 aromatic carbocycles. The topological polar surface area (TPSA) is 68.0 Å². The molecule has 8 heteroatoms. The van der Waals surface area contributed by atoms with Crippen molar-refractivity contribution in [3.05, 3.63) is 58.1 Å². The fourth-order valence-corrected chi connectivity index (χ4v) is 3.76. The molecule has 0 aliphatic heterocycles. The summed E-state index contributed by atoms with van der Waals surface area (Å²) < 4.78 is 38.8. The van der Waals surface area contributed by atoms with Gasteiger partial charge >= 0.3 is 6.18 Å². The highest BCUT2D eigenvalue weighted by atomic mass is 32.1. The number of aryl methyl sites for hydroxylation is 1. The summed E-state index contributed by atoms with van der Waals surface area (Å²) in [5.41, 5.74) is 6.61. The first kappa shape index (κ1) is 18.2. The number of anilines is 1. The van der Waals surface area contributed by atoms with Gasteiger partial charge in [-0.2, -0.15) is 13.2 Å². The fourth-order valence-electron chi connectivity index (χ4n) is 2.67. The molecular weight excluding hydrogens is 363 g/mol. The van der Waals surface area contributed by atoms with Gasteiger partial charge < -0.3 is 11.1 Å². The van der Waals surface area contributed by atoms with Gasteiger partial charge in [-0.25, -0.2) is 4.98 Å². The van der Waals surface area contributed by atoms with Gasteiger partial charge in [0.1, 0.15) is 15.4 Å². The monoisotopic (exact) mass is 379 g/mol. The van der Waals surface area contributed by atoms with Crippen molar-refractivity contribution in [1.29, 1.82) is 0 Å². The smallest absolute Gasteiger partial charge is 0.397 e. The average molecular weight is 379 g/mol. The molecule has 4 nitrogen and oxygen atoms in total. The van der Waals surface area contributed by atoms with Gasteiger partial charge in [-0.15, -0.1) is 11.3 Å². The number of pyridine rings is 1. The van der Waals surface area contributed by atoms with Crippen molar-refractivity contribution in [3.8, 4) is 0 Å². The zero-order valence-electron chi connectivity index (χ0n) is 13.9. The van der Waals surface area contributed by atoms with E-state index in [9.17, 15) is 18.0 Å². The summed E-state index contributed by atoms with van der Waals surface area (Å²) in [5, 5.41) is 3.15. The average Bonchev–Trinajstić information content (AvgIpc) is 2.92. The maximum absolute atomic E-state index is 12.9. The number of halogens is 3. The highest BCUT2D eigenvalue weighted by Gasteiger charge is 2.34. The second kappa shape index (κ2) is 6.95. The Labute approximate surface area is 151 Å². The molecule has 0 spiro atoms. The van der Waals surface area contributed by atoms with E-state index in [-0.39, 0.29) is 15.4 Å². The molecule has 26 heavy (non-hydrogen) atoms. The number of hydrogen-bond acceptors (Lipinski definition) is 4. The molecule has 0 aliphatic carbocycles. The van der Waals surface area contributed by atoms with Crippen LogP contribution in [0.4, 0.5) is 18.9 Å². The van der Waals surface area contributed by atoms with Crippen molar-refractivity contribution in [1.82, 2.24) is 10.3 Å². The van der Waals surface area contributed by atoms with E-state index in [2.05, 4.69) is 10.3 Å². The number of carbonyl (C=O) groups is 1. The molecule has 3 N–H and O–H groups in total. The van der Waals surface area contributed by atoms with Crippen LogP contribution in [0.2, 0.25) is 0 Å². The van der Waals surface area contributed by atoms with Gasteiger partial charge in [0, 0.05) is 11.9 Å². The molecule has 0 aliphatic rings. The van der Waals surface area contributed by atoms with Crippen LogP contribution < -0.4 is 11.1 Å². The Hall–Kier alpha value is -2.61. The Morgan fingerprint density at radius 1 is 1.27 bits per heavy atom. The number of nitrogen functional groups attached to an aromatic ring is 1. The number of nitrogens with two attached hydrogens (primary N) is 1. The maximum atomic E-state index is 12.9. The van der Waals surface area contributed by atoms with Crippen LogP contribution in [0.1, 0.15) is 26.5 Å². The van der Waals surface area contributed by atoms with E-state index < -0.39 is 17.8 Å². The summed E-state index contributed by atoms with van der Waals surface area (Å²) in [6.07, 6.45) is -3.90. The third-order valence-corrected chi connectivity index (χ3v) is 5.03. The molecule has 3 aromatic rings. The predicted molar refractivity (Wildman–Crippen MR) is 96.3 cm³/mol. The number of nitrogens with one attached hydrogen (secondary N) is 1. The second-order valence-electron chi connectivity index (χ2n) is 5.84. The largest absolute Gasteiger partial charge is 0.433 e. The number of carbonyl (C=O) groups excluding carboxylic acids is 1. The van der Waals surface area contributed by atoms with E-state index in [1.54, 1.807) is 0 Å². The van der Waals surface area contributed by atoms with E-state index in [1.807, 2.05) is 30.3 Å². The first-order valence-electron chi connectivity index (χ1n) is 7.86. The van der Waals surface area contributed by atoms with Crippen LogP contribution in [0.3, 0.4) is 0 Å². The highest BCUT2D eigenvalue weighted by Crippen LogP contribution is 2.38. The summed E-state index contributed by atoms with van der Waals surface area (Å²) in [6.45, 7) is 1.93. The van der Waals surface area contributed by atoms with Crippen LogP contribution in [-0.4, -0.2) is 17.4 Å². The van der Waals surface area contributed by atoms with Gasteiger partial charge in [-0.3, -0.25) is 4.79 Å². The lowest BCUT2D eigenvalue weighted by Crippen LogP contribution is -2.25. The Morgan fingerprint density at radius 3 is 2.62 bits per heavy atom. The zero-order valence-corrected chi connectivity index (χ0v) is 14.7. The molecule has 0 fully saturated rings. The van der Waals surface area contributed by atoms with Crippen molar-refractivity contribution in [2.75, 3.05) is 12.3 Å². The summed E-state index contributed by atoms with van der Waals surface area (Å²) in [7, 11) is 0. The number of alkyl halides is 3. The lowest BCUT2D eigenvalue weighted by atomic mass is 10.1. The van der Waals surface area contributed by atoms with Gasteiger partial charge in [0.25, 0.3) is 5.91 Å². The van der Waals surface area contributed by atoms with Crippen LogP contribution in [0.15, 0.2) is 36.4 Å². The van der Waals surface area contributed by atoms with Crippen molar-refractivity contribution in [3.63, 3.8) is 0 Å². The van der Waals surface area contributed by atoms with E-state index >= 15 is 0 Å². The van der Waals surface area contributed by atoms with Crippen LogP contribution in [0.25, 0.3) is 10.2 Å². The minimum atomic E-state index is -4.55. The van der Waals surface area contributed by atoms with Gasteiger partial charge in [0.05, 0.1) is 5.69 Å². The number of rotatable bonds is 4. The summed E-state index contributed by atoms with van der Waals surface area (Å²) in [6, 6.07) is 10.6. The number of thiophene rings is 1. The number of hydrogen-bond donors (Lipinski definition) is 2. The zero-order chi connectivity index (χ0) is 18.9. The summed E-state index contributed by atoms with van der Waals surface area (Å²) in [4.78, 5) is 16.3. The minimum absolute atomic E-state index is 0.114. The standard InChI is InChI=1S/C18H16F3N3OS/c1-10-9-12(18(19,20)21)24-17-13(10)14(22)15(26-17)16(25)23-8-7-11-5-3-2-4-6-11/h2-6,9H,7-8,22H2,1H3,(H,23,25). The van der Waals surface area contributed by atoms with Gasteiger partial charge in [-0.1, -0.05) is 30.3 Å². The fraction of sp³-hybridized carbons (Fsp3) is 0.222. The van der Waals surface area contributed by atoms with E-state index in [1.165, 1.54) is 6.92 Å². The molecule has 0 radical (unpaired) electrons. The molecule has 3 rings (SSSR count). The third-order valence-electron chi connectivity index (χ3n) is 3.93. The molecule has 136 valence electrons.